The molecule has 0 radical (unpaired) electrons. The van der Waals surface area contributed by atoms with Gasteiger partial charge in [-0.2, -0.15) is 10.2 Å². The third-order valence-corrected chi connectivity index (χ3v) is 4.03. The maximum atomic E-state index is 8.59. The average molecular weight is 416 g/mol. The summed E-state index contributed by atoms with van der Waals surface area (Å²) in [4.78, 5) is 8.48. The van der Waals surface area contributed by atoms with E-state index in [-0.39, 0.29) is 24.2 Å². The third-order valence-electron chi connectivity index (χ3n) is 2.86. The number of benzene rings is 1. The van der Waals surface area contributed by atoms with Crippen molar-refractivity contribution in [2.75, 3.05) is 11.9 Å². The van der Waals surface area contributed by atoms with Crippen LogP contribution in [0.15, 0.2) is 22.8 Å². The van der Waals surface area contributed by atoms with Gasteiger partial charge in [-0.25, -0.2) is 4.98 Å². The van der Waals surface area contributed by atoms with Crippen LogP contribution in [0.4, 0.5) is 5.69 Å². The summed E-state index contributed by atoms with van der Waals surface area (Å²) in [6.45, 7) is 4.19. The number of nitrogens with zero attached hydrogens (tertiary/aromatic N) is 3. The van der Waals surface area contributed by atoms with E-state index in [9.17, 15) is 0 Å². The Bertz CT molecular complexity index is 739. The average Bonchev–Trinajstić information content (AvgIpc) is 2.50. The zero-order valence-electron chi connectivity index (χ0n) is 12.4. The molecule has 0 unspecified atom stereocenters. The molecule has 120 valence electrons. The normalized spacial score (nSPS) is 10.5. The van der Waals surface area contributed by atoms with Gasteiger partial charge in [-0.15, -0.1) is 0 Å². The van der Waals surface area contributed by atoms with Gasteiger partial charge in [0.2, 0.25) is 0 Å². The predicted octanol–water partition coefficient (Wildman–Crippen LogP) is 5.40. The van der Waals surface area contributed by atoms with Gasteiger partial charge in [0.1, 0.15) is 6.54 Å². The molecule has 1 aromatic carbocycles. The number of hydrogen-bond donors (Lipinski definition) is 1. The SMILES string of the molecule is CC(C)c1nc(Oc2c(Cl)cc(NCC#N)cc2Cl)ncc1Br. The van der Waals surface area contributed by atoms with E-state index in [0.717, 1.165) is 10.2 Å². The molecule has 0 bridgehead atoms. The van der Waals surface area contributed by atoms with Crippen molar-refractivity contribution in [3.05, 3.63) is 38.5 Å². The van der Waals surface area contributed by atoms with Crippen molar-refractivity contribution >= 4 is 44.8 Å². The van der Waals surface area contributed by atoms with Crippen molar-refractivity contribution in [3.63, 3.8) is 0 Å². The number of nitrogens with one attached hydrogen (secondary N) is 1. The van der Waals surface area contributed by atoms with Crippen LogP contribution >= 0.6 is 39.1 Å². The monoisotopic (exact) mass is 414 g/mol. The Labute approximate surface area is 152 Å². The summed E-state index contributed by atoms with van der Waals surface area (Å²) in [6, 6.07) is 5.40. The number of nitriles is 1. The lowest BCUT2D eigenvalue weighted by Crippen LogP contribution is -2.01. The molecule has 1 heterocycles. The van der Waals surface area contributed by atoms with Crippen molar-refractivity contribution in [1.82, 2.24) is 9.97 Å². The molecule has 0 fully saturated rings. The summed E-state index contributed by atoms with van der Waals surface area (Å²) in [5.74, 6) is 0.478. The van der Waals surface area contributed by atoms with Gasteiger partial charge in [0.15, 0.2) is 5.75 Å². The van der Waals surface area contributed by atoms with Gasteiger partial charge in [0.05, 0.1) is 26.3 Å². The number of rotatable bonds is 5. The molecule has 2 aromatic rings. The Morgan fingerprint density at radius 1 is 1.35 bits per heavy atom. The Morgan fingerprint density at radius 3 is 2.57 bits per heavy atom. The van der Waals surface area contributed by atoms with E-state index in [2.05, 4.69) is 31.2 Å². The smallest absolute Gasteiger partial charge is 0.322 e. The highest BCUT2D eigenvalue weighted by molar-refractivity contribution is 9.10. The van der Waals surface area contributed by atoms with E-state index < -0.39 is 0 Å². The fraction of sp³-hybridized carbons (Fsp3) is 0.267. The summed E-state index contributed by atoms with van der Waals surface area (Å²) in [6.07, 6.45) is 1.63. The van der Waals surface area contributed by atoms with Crippen LogP contribution in [0.3, 0.4) is 0 Å². The summed E-state index contributed by atoms with van der Waals surface area (Å²) in [5.41, 5.74) is 1.46. The van der Waals surface area contributed by atoms with Crippen LogP contribution in [0.2, 0.25) is 10.0 Å². The van der Waals surface area contributed by atoms with Crippen LogP contribution < -0.4 is 10.1 Å². The van der Waals surface area contributed by atoms with Crippen LogP contribution in [0.5, 0.6) is 11.8 Å². The van der Waals surface area contributed by atoms with Crippen LogP contribution in [0.25, 0.3) is 0 Å². The molecular weight excluding hydrogens is 403 g/mol. The molecule has 0 spiro atoms. The fourth-order valence-electron chi connectivity index (χ4n) is 1.81. The van der Waals surface area contributed by atoms with Gasteiger partial charge in [-0.05, 0) is 34.0 Å². The second-order valence-electron chi connectivity index (χ2n) is 4.92. The Hall–Kier alpha value is -1.55. The largest absolute Gasteiger partial charge is 0.421 e. The first kappa shape index (κ1) is 17.8. The summed E-state index contributed by atoms with van der Waals surface area (Å²) in [7, 11) is 0. The molecule has 23 heavy (non-hydrogen) atoms. The lowest BCUT2D eigenvalue weighted by Gasteiger charge is -2.12. The first-order valence-corrected chi connectivity index (χ1v) is 8.27. The number of hydrogen-bond acceptors (Lipinski definition) is 5. The van der Waals surface area contributed by atoms with Gasteiger partial charge >= 0.3 is 6.01 Å². The van der Waals surface area contributed by atoms with Crippen molar-refractivity contribution in [2.45, 2.75) is 19.8 Å². The van der Waals surface area contributed by atoms with Gasteiger partial charge in [-0.1, -0.05) is 37.0 Å². The molecule has 0 aliphatic rings. The van der Waals surface area contributed by atoms with Gasteiger partial charge in [0, 0.05) is 11.9 Å². The van der Waals surface area contributed by atoms with Crippen molar-refractivity contribution in [3.8, 4) is 17.8 Å². The van der Waals surface area contributed by atoms with Crippen LogP contribution in [0.1, 0.15) is 25.5 Å². The molecule has 0 amide bonds. The minimum atomic E-state index is 0.153. The molecule has 0 atom stereocenters. The second kappa shape index (κ2) is 7.82. The van der Waals surface area contributed by atoms with E-state index in [4.69, 9.17) is 33.2 Å². The maximum absolute atomic E-state index is 8.59. The molecule has 0 saturated heterocycles. The standard InChI is InChI=1S/C15H13BrCl2N4O/c1-8(2)13-10(16)7-21-15(22-13)23-14-11(17)5-9(6-12(14)18)20-4-3-19/h5-8,20H,4H2,1-2H3. The molecule has 1 aromatic heterocycles. The zero-order valence-corrected chi connectivity index (χ0v) is 15.5. The lowest BCUT2D eigenvalue weighted by atomic mass is 10.1. The van der Waals surface area contributed by atoms with Crippen LogP contribution in [-0.4, -0.2) is 16.5 Å². The Balaban J connectivity index is 2.30. The summed E-state index contributed by atoms with van der Waals surface area (Å²) < 4.78 is 6.46. The highest BCUT2D eigenvalue weighted by Crippen LogP contribution is 2.38. The van der Waals surface area contributed by atoms with Crippen molar-refractivity contribution < 1.29 is 4.74 Å². The molecule has 1 N–H and O–H groups in total. The van der Waals surface area contributed by atoms with E-state index in [1.165, 1.54) is 0 Å². The molecule has 8 heteroatoms. The summed E-state index contributed by atoms with van der Waals surface area (Å²) >= 11 is 15.8. The number of aromatic nitrogens is 2. The quantitative estimate of drug-likeness (QED) is 0.662. The zero-order chi connectivity index (χ0) is 17.0. The molecule has 0 aliphatic carbocycles. The van der Waals surface area contributed by atoms with Crippen molar-refractivity contribution in [1.29, 1.82) is 5.26 Å². The highest BCUT2D eigenvalue weighted by atomic mass is 79.9. The topological polar surface area (TPSA) is 70.8 Å². The van der Waals surface area contributed by atoms with Crippen LogP contribution in [0, 0.1) is 11.3 Å². The van der Waals surface area contributed by atoms with Gasteiger partial charge < -0.3 is 10.1 Å². The van der Waals surface area contributed by atoms with Gasteiger partial charge in [0.25, 0.3) is 0 Å². The maximum Gasteiger partial charge on any atom is 0.322 e. The van der Waals surface area contributed by atoms with E-state index in [1.54, 1.807) is 18.3 Å². The third kappa shape index (κ3) is 4.47. The second-order valence-corrected chi connectivity index (χ2v) is 6.59. The molecular formula is C15H13BrCl2N4O. The Morgan fingerprint density at radius 2 is 2.00 bits per heavy atom. The van der Waals surface area contributed by atoms with E-state index in [0.29, 0.717) is 15.7 Å². The number of ether oxygens (including phenoxy) is 1. The molecule has 0 saturated carbocycles. The molecule has 5 nitrogen and oxygen atoms in total. The first-order valence-electron chi connectivity index (χ1n) is 6.72. The van der Waals surface area contributed by atoms with E-state index in [1.807, 2.05) is 19.9 Å². The summed E-state index contributed by atoms with van der Waals surface area (Å²) in [5, 5.41) is 12.1. The van der Waals surface area contributed by atoms with Crippen LogP contribution in [-0.2, 0) is 0 Å². The Kier molecular flexibility index (Phi) is 6.05. The fourth-order valence-corrected chi connectivity index (χ4v) is 3.02. The molecule has 2 rings (SSSR count). The van der Waals surface area contributed by atoms with E-state index >= 15 is 0 Å². The minimum absolute atomic E-state index is 0.153. The highest BCUT2D eigenvalue weighted by Gasteiger charge is 2.15. The predicted molar refractivity (Wildman–Crippen MR) is 94.5 cm³/mol. The minimum Gasteiger partial charge on any atom is -0.421 e. The first-order chi connectivity index (χ1) is 10.9. The number of anilines is 1. The van der Waals surface area contributed by atoms with Crippen molar-refractivity contribution in [2.24, 2.45) is 0 Å². The number of halogens is 3. The van der Waals surface area contributed by atoms with Gasteiger partial charge in [-0.3, -0.25) is 0 Å². The molecule has 0 aliphatic heterocycles. The lowest BCUT2D eigenvalue weighted by molar-refractivity contribution is 0.438.